The maximum absolute atomic E-state index is 12.2. The van der Waals surface area contributed by atoms with E-state index in [-0.39, 0.29) is 11.8 Å². The molecule has 162 valence electrons. The van der Waals surface area contributed by atoms with Crippen LogP contribution >= 0.6 is 0 Å². The fourth-order valence-corrected chi connectivity index (χ4v) is 3.50. The van der Waals surface area contributed by atoms with Gasteiger partial charge in [-0.25, -0.2) is 19.9 Å². The summed E-state index contributed by atoms with van der Waals surface area (Å²) in [5.74, 6) is 1.26. The summed E-state index contributed by atoms with van der Waals surface area (Å²) in [4.78, 5) is 33.9. The van der Waals surface area contributed by atoms with Gasteiger partial charge in [0, 0.05) is 62.2 Å². The molecule has 0 spiro atoms. The lowest BCUT2D eigenvalue weighted by Gasteiger charge is -2.16. The van der Waals surface area contributed by atoms with Crippen LogP contribution in [-0.4, -0.2) is 51.5 Å². The number of hydrogen-bond donors (Lipinski definition) is 3. The number of hydrogen-bond acceptors (Lipinski definition) is 8. The van der Waals surface area contributed by atoms with Gasteiger partial charge < -0.3 is 16.0 Å². The zero-order valence-electron chi connectivity index (χ0n) is 18.1. The van der Waals surface area contributed by atoms with Gasteiger partial charge in [-0.15, -0.1) is 0 Å². The third-order valence-electron chi connectivity index (χ3n) is 5.23. The fraction of sp³-hybridized carbons (Fsp3) is 0.217. The number of carbonyl (C=O) groups is 1. The number of carbonyl (C=O) groups excluding carboxylic acids is 1. The third-order valence-corrected chi connectivity index (χ3v) is 5.23. The van der Waals surface area contributed by atoms with Crippen molar-refractivity contribution in [3.63, 3.8) is 0 Å². The van der Waals surface area contributed by atoms with Crippen LogP contribution in [0.25, 0.3) is 22.2 Å². The second-order valence-electron chi connectivity index (χ2n) is 7.30. The van der Waals surface area contributed by atoms with Gasteiger partial charge in [-0.3, -0.25) is 9.78 Å². The van der Waals surface area contributed by atoms with Gasteiger partial charge in [0.1, 0.15) is 12.1 Å². The first-order valence-electron chi connectivity index (χ1n) is 10.3. The Hall–Kier alpha value is -4.14. The van der Waals surface area contributed by atoms with Crippen molar-refractivity contribution in [2.45, 2.75) is 12.8 Å². The van der Waals surface area contributed by atoms with Crippen molar-refractivity contribution in [2.24, 2.45) is 0 Å². The smallest absolute Gasteiger partial charge is 0.251 e. The minimum Gasteiger partial charge on any atom is -0.369 e. The minimum absolute atomic E-state index is 0.124. The first kappa shape index (κ1) is 21.1. The van der Waals surface area contributed by atoms with E-state index in [0.29, 0.717) is 23.9 Å². The van der Waals surface area contributed by atoms with Gasteiger partial charge in [0.05, 0.1) is 16.8 Å². The van der Waals surface area contributed by atoms with Gasteiger partial charge in [-0.05, 0) is 11.6 Å². The highest BCUT2D eigenvalue weighted by Crippen LogP contribution is 2.27. The highest BCUT2D eigenvalue weighted by molar-refractivity contribution is 6.06. The molecule has 0 saturated heterocycles. The molecule has 3 aromatic heterocycles. The van der Waals surface area contributed by atoms with Crippen molar-refractivity contribution in [2.75, 3.05) is 31.3 Å². The molecule has 0 bridgehead atoms. The van der Waals surface area contributed by atoms with Gasteiger partial charge >= 0.3 is 0 Å². The molecule has 0 saturated carbocycles. The summed E-state index contributed by atoms with van der Waals surface area (Å²) >= 11 is 0. The van der Waals surface area contributed by atoms with Crippen LogP contribution in [0.15, 0.2) is 55.2 Å². The largest absolute Gasteiger partial charge is 0.369 e. The Morgan fingerprint density at radius 2 is 1.84 bits per heavy atom. The zero-order chi connectivity index (χ0) is 22.5. The van der Waals surface area contributed by atoms with E-state index in [1.54, 1.807) is 38.8 Å². The SMILES string of the molecule is CNC(=O)c1ccnc2c([C@H](C)CNc3cc(-c4cnc(NC)nc4)ncn3)cccc12. The van der Waals surface area contributed by atoms with Gasteiger partial charge in [-0.1, -0.05) is 25.1 Å². The van der Waals surface area contributed by atoms with E-state index < -0.39 is 0 Å². The number of benzene rings is 1. The average Bonchev–Trinajstić information content (AvgIpc) is 2.86. The first-order chi connectivity index (χ1) is 15.6. The Bertz CT molecular complexity index is 1240. The molecule has 1 amide bonds. The molecule has 9 nitrogen and oxygen atoms in total. The second-order valence-corrected chi connectivity index (χ2v) is 7.30. The Balaban J connectivity index is 1.53. The van der Waals surface area contributed by atoms with Crippen molar-refractivity contribution in [1.29, 1.82) is 0 Å². The van der Waals surface area contributed by atoms with Crippen molar-refractivity contribution >= 4 is 28.6 Å². The molecule has 32 heavy (non-hydrogen) atoms. The van der Waals surface area contributed by atoms with E-state index in [1.807, 2.05) is 24.3 Å². The van der Waals surface area contributed by atoms with E-state index >= 15 is 0 Å². The van der Waals surface area contributed by atoms with E-state index in [2.05, 4.69) is 47.8 Å². The summed E-state index contributed by atoms with van der Waals surface area (Å²) < 4.78 is 0. The van der Waals surface area contributed by atoms with Crippen molar-refractivity contribution in [3.05, 3.63) is 66.4 Å². The van der Waals surface area contributed by atoms with Crippen LogP contribution in [0.3, 0.4) is 0 Å². The Morgan fingerprint density at radius 1 is 1.03 bits per heavy atom. The molecule has 0 radical (unpaired) electrons. The number of nitrogens with zero attached hydrogens (tertiary/aromatic N) is 5. The predicted molar refractivity (Wildman–Crippen MR) is 125 cm³/mol. The number of anilines is 2. The number of pyridine rings is 1. The van der Waals surface area contributed by atoms with Crippen LogP contribution in [0, 0.1) is 0 Å². The van der Waals surface area contributed by atoms with Crippen molar-refractivity contribution < 1.29 is 4.79 Å². The molecular formula is C23H24N8O. The summed E-state index contributed by atoms with van der Waals surface area (Å²) in [5.41, 5.74) is 4.05. The molecule has 0 aliphatic carbocycles. The lowest BCUT2D eigenvalue weighted by Crippen LogP contribution is -2.18. The van der Waals surface area contributed by atoms with E-state index in [4.69, 9.17) is 0 Å². The van der Waals surface area contributed by atoms with E-state index in [0.717, 1.165) is 27.7 Å². The standard InChI is InChI=1S/C23H24N8O/c1-14(16-5-4-6-17-18(22(32)24-2)7-8-26-21(16)17)10-27-20-9-19(30-13-31-20)15-11-28-23(25-3)29-12-15/h4-9,11-14H,10H2,1-3H3,(H,24,32)(H,25,28,29)(H,27,30,31)/t14-/m1/s1. The summed E-state index contributed by atoms with van der Waals surface area (Å²) in [5, 5.41) is 9.80. The van der Waals surface area contributed by atoms with Crippen LogP contribution < -0.4 is 16.0 Å². The normalized spacial score (nSPS) is 11.7. The molecule has 0 aliphatic rings. The Labute approximate surface area is 185 Å². The van der Waals surface area contributed by atoms with Crippen LogP contribution in [0.4, 0.5) is 11.8 Å². The fourth-order valence-electron chi connectivity index (χ4n) is 3.50. The molecule has 9 heteroatoms. The monoisotopic (exact) mass is 428 g/mol. The van der Waals surface area contributed by atoms with E-state index in [9.17, 15) is 4.79 Å². The Morgan fingerprint density at radius 3 is 2.59 bits per heavy atom. The van der Waals surface area contributed by atoms with Crippen LogP contribution in [-0.2, 0) is 0 Å². The third kappa shape index (κ3) is 4.31. The topological polar surface area (TPSA) is 118 Å². The van der Waals surface area contributed by atoms with Crippen LogP contribution in [0.1, 0.15) is 28.8 Å². The zero-order valence-corrected chi connectivity index (χ0v) is 18.1. The quantitative estimate of drug-likeness (QED) is 0.411. The number of fused-ring (bicyclic) bond motifs is 1. The van der Waals surface area contributed by atoms with Crippen LogP contribution in [0.2, 0.25) is 0 Å². The van der Waals surface area contributed by atoms with Gasteiger partial charge in [0.2, 0.25) is 5.95 Å². The lowest BCUT2D eigenvalue weighted by atomic mass is 9.96. The van der Waals surface area contributed by atoms with Gasteiger partial charge in [-0.2, -0.15) is 0 Å². The van der Waals surface area contributed by atoms with Gasteiger partial charge in [0.25, 0.3) is 5.91 Å². The molecule has 0 aliphatic heterocycles. The second kappa shape index (κ2) is 9.34. The molecule has 1 aromatic carbocycles. The number of nitrogens with one attached hydrogen (secondary N) is 3. The highest BCUT2D eigenvalue weighted by Gasteiger charge is 2.15. The molecule has 4 aromatic rings. The molecule has 0 fully saturated rings. The number of para-hydroxylation sites is 1. The van der Waals surface area contributed by atoms with Crippen molar-refractivity contribution in [3.8, 4) is 11.3 Å². The minimum atomic E-state index is -0.124. The maximum atomic E-state index is 12.2. The molecule has 1 atom stereocenters. The first-order valence-corrected chi connectivity index (χ1v) is 10.3. The molecule has 4 rings (SSSR count). The van der Waals surface area contributed by atoms with Gasteiger partial charge in [0.15, 0.2) is 0 Å². The summed E-state index contributed by atoms with van der Waals surface area (Å²) in [6, 6.07) is 9.54. The number of aromatic nitrogens is 5. The Kier molecular flexibility index (Phi) is 6.16. The maximum Gasteiger partial charge on any atom is 0.251 e. The summed E-state index contributed by atoms with van der Waals surface area (Å²) in [7, 11) is 3.40. The molecular weight excluding hydrogens is 404 g/mol. The predicted octanol–water partition coefficient (Wildman–Crippen LogP) is 3.10. The lowest BCUT2D eigenvalue weighted by molar-refractivity contribution is 0.0964. The number of rotatable bonds is 7. The van der Waals surface area contributed by atoms with Crippen molar-refractivity contribution in [1.82, 2.24) is 30.2 Å². The van der Waals surface area contributed by atoms with Crippen LogP contribution in [0.5, 0.6) is 0 Å². The molecule has 0 unspecified atom stereocenters. The molecule has 3 heterocycles. The highest BCUT2D eigenvalue weighted by atomic mass is 16.1. The summed E-state index contributed by atoms with van der Waals surface area (Å²) in [6.45, 7) is 2.75. The molecule has 3 N–H and O–H groups in total. The summed E-state index contributed by atoms with van der Waals surface area (Å²) in [6.07, 6.45) is 6.64. The average molecular weight is 429 g/mol. The number of amides is 1. The van der Waals surface area contributed by atoms with E-state index in [1.165, 1.54) is 6.33 Å².